The average molecular weight is 248 g/mol. The van der Waals surface area contributed by atoms with E-state index in [-0.39, 0.29) is 5.75 Å². The van der Waals surface area contributed by atoms with E-state index >= 15 is 0 Å². The summed E-state index contributed by atoms with van der Waals surface area (Å²) >= 11 is 0. The van der Waals surface area contributed by atoms with Gasteiger partial charge in [-0.2, -0.15) is 0 Å². The maximum absolute atomic E-state index is 9.47. The van der Waals surface area contributed by atoms with Crippen LogP contribution in [0.5, 0.6) is 11.5 Å². The average Bonchev–Trinajstić information content (AvgIpc) is 2.81. The molecular formula is C14H20N2O2. The number of phenolic OH excluding ortho intramolecular Hbond substituents is 1. The zero-order valence-corrected chi connectivity index (χ0v) is 10.7. The molecule has 0 spiro atoms. The Morgan fingerprint density at radius 1 is 1.44 bits per heavy atom. The van der Waals surface area contributed by atoms with Crippen molar-refractivity contribution < 1.29 is 9.84 Å². The van der Waals surface area contributed by atoms with Crippen molar-refractivity contribution in [2.45, 2.75) is 24.9 Å². The van der Waals surface area contributed by atoms with Crippen molar-refractivity contribution in [3.8, 4) is 11.5 Å². The number of likely N-dealkylation sites (N-methyl/N-ethyl adjacent to an activating group) is 1. The van der Waals surface area contributed by atoms with Crippen LogP contribution in [0.3, 0.4) is 0 Å². The van der Waals surface area contributed by atoms with E-state index in [1.807, 2.05) is 6.07 Å². The fourth-order valence-corrected chi connectivity index (χ4v) is 2.95. The summed E-state index contributed by atoms with van der Waals surface area (Å²) < 4.78 is 5.68. The maximum atomic E-state index is 9.47. The summed E-state index contributed by atoms with van der Waals surface area (Å²) in [5.41, 5.74) is 1.20. The van der Waals surface area contributed by atoms with Gasteiger partial charge in [0.1, 0.15) is 18.1 Å². The monoisotopic (exact) mass is 248 g/mol. The van der Waals surface area contributed by atoms with Gasteiger partial charge in [-0.25, -0.2) is 0 Å². The van der Waals surface area contributed by atoms with Crippen LogP contribution in [-0.2, 0) is 0 Å². The summed E-state index contributed by atoms with van der Waals surface area (Å²) in [6.07, 6.45) is 2.48. The molecule has 2 aliphatic heterocycles. The third-order valence-corrected chi connectivity index (χ3v) is 4.09. The summed E-state index contributed by atoms with van der Waals surface area (Å²) in [4.78, 5) is 2.41. The molecule has 1 aromatic rings. The molecule has 0 bridgehead atoms. The smallest absolute Gasteiger partial charge is 0.127 e. The van der Waals surface area contributed by atoms with E-state index in [2.05, 4.69) is 17.3 Å². The molecule has 1 fully saturated rings. The lowest BCUT2D eigenvalue weighted by Gasteiger charge is -2.35. The second-order valence-electron chi connectivity index (χ2n) is 5.21. The Kier molecular flexibility index (Phi) is 3.14. The minimum absolute atomic E-state index is 0.274. The lowest BCUT2D eigenvalue weighted by molar-refractivity contribution is 0.125. The first-order chi connectivity index (χ1) is 8.75. The Hall–Kier alpha value is -1.26. The second-order valence-corrected chi connectivity index (χ2v) is 5.21. The molecule has 2 aliphatic rings. The van der Waals surface area contributed by atoms with Crippen LogP contribution in [0.25, 0.3) is 0 Å². The van der Waals surface area contributed by atoms with Gasteiger partial charge in [0.25, 0.3) is 0 Å². The number of piperidine rings is 1. The Morgan fingerprint density at radius 3 is 3.11 bits per heavy atom. The number of nitrogens with one attached hydrogen (secondary N) is 1. The van der Waals surface area contributed by atoms with Crippen LogP contribution in [0.15, 0.2) is 18.2 Å². The van der Waals surface area contributed by atoms with E-state index in [0.29, 0.717) is 18.7 Å². The maximum Gasteiger partial charge on any atom is 0.127 e. The minimum atomic E-state index is 0.274. The summed E-state index contributed by atoms with van der Waals surface area (Å²) in [6.45, 7) is 2.88. The SMILES string of the molecule is CN(C1CCCNC1)C1COc2cc(O)ccc21. The largest absolute Gasteiger partial charge is 0.508 e. The quantitative estimate of drug-likeness (QED) is 0.832. The molecule has 2 heterocycles. The van der Waals surface area contributed by atoms with Gasteiger partial charge in [-0.3, -0.25) is 4.90 Å². The van der Waals surface area contributed by atoms with Crippen molar-refractivity contribution in [1.82, 2.24) is 10.2 Å². The number of nitrogens with zero attached hydrogens (tertiary/aromatic N) is 1. The highest BCUT2D eigenvalue weighted by Crippen LogP contribution is 2.38. The predicted molar refractivity (Wildman–Crippen MR) is 70.0 cm³/mol. The molecule has 0 amide bonds. The summed E-state index contributed by atoms with van der Waals surface area (Å²) in [6, 6.07) is 6.32. The molecule has 4 nitrogen and oxygen atoms in total. The van der Waals surface area contributed by atoms with Crippen LogP contribution in [0, 0.1) is 0 Å². The summed E-state index contributed by atoms with van der Waals surface area (Å²) in [7, 11) is 2.17. The molecule has 2 N–H and O–H groups in total. The van der Waals surface area contributed by atoms with Gasteiger partial charge in [0, 0.05) is 24.2 Å². The van der Waals surface area contributed by atoms with Gasteiger partial charge in [0.2, 0.25) is 0 Å². The first-order valence-corrected chi connectivity index (χ1v) is 6.64. The molecule has 3 rings (SSSR count). The highest BCUT2D eigenvalue weighted by molar-refractivity contribution is 5.44. The highest BCUT2D eigenvalue weighted by Gasteiger charge is 2.32. The molecule has 0 saturated carbocycles. The zero-order chi connectivity index (χ0) is 12.5. The lowest BCUT2D eigenvalue weighted by atomic mass is 10.0. The number of hydrogen-bond donors (Lipinski definition) is 2. The van der Waals surface area contributed by atoms with E-state index in [1.54, 1.807) is 12.1 Å². The van der Waals surface area contributed by atoms with Crippen molar-refractivity contribution in [1.29, 1.82) is 0 Å². The molecule has 0 radical (unpaired) electrons. The number of aromatic hydroxyl groups is 1. The Labute approximate surface area is 108 Å². The normalized spacial score (nSPS) is 27.0. The van der Waals surface area contributed by atoms with Gasteiger partial charge in [0.15, 0.2) is 0 Å². The van der Waals surface area contributed by atoms with E-state index in [4.69, 9.17) is 4.74 Å². The fourth-order valence-electron chi connectivity index (χ4n) is 2.95. The van der Waals surface area contributed by atoms with Crippen molar-refractivity contribution in [3.05, 3.63) is 23.8 Å². The molecule has 1 saturated heterocycles. The Morgan fingerprint density at radius 2 is 2.33 bits per heavy atom. The van der Waals surface area contributed by atoms with E-state index < -0.39 is 0 Å². The van der Waals surface area contributed by atoms with Crippen LogP contribution in [0.1, 0.15) is 24.4 Å². The summed E-state index contributed by atoms with van der Waals surface area (Å²) in [5.74, 6) is 1.10. The van der Waals surface area contributed by atoms with E-state index in [1.165, 1.54) is 18.4 Å². The number of fused-ring (bicyclic) bond motifs is 1. The summed E-state index contributed by atoms with van der Waals surface area (Å²) in [5, 5.41) is 12.9. The van der Waals surface area contributed by atoms with Gasteiger partial charge in [-0.15, -0.1) is 0 Å². The lowest BCUT2D eigenvalue weighted by Crippen LogP contribution is -2.45. The number of benzene rings is 1. The Bertz CT molecular complexity index is 430. The van der Waals surface area contributed by atoms with Crippen molar-refractivity contribution in [2.75, 3.05) is 26.7 Å². The van der Waals surface area contributed by atoms with Gasteiger partial charge in [-0.05, 0) is 38.6 Å². The van der Waals surface area contributed by atoms with Crippen molar-refractivity contribution in [3.63, 3.8) is 0 Å². The van der Waals surface area contributed by atoms with E-state index in [9.17, 15) is 5.11 Å². The predicted octanol–water partition coefficient (Wildman–Crippen LogP) is 1.51. The number of hydrogen-bond acceptors (Lipinski definition) is 4. The van der Waals surface area contributed by atoms with Crippen molar-refractivity contribution in [2.24, 2.45) is 0 Å². The van der Waals surface area contributed by atoms with Crippen LogP contribution in [-0.4, -0.2) is 42.8 Å². The van der Waals surface area contributed by atoms with Gasteiger partial charge >= 0.3 is 0 Å². The third-order valence-electron chi connectivity index (χ3n) is 4.09. The molecule has 0 aromatic heterocycles. The zero-order valence-electron chi connectivity index (χ0n) is 10.7. The molecule has 98 valence electrons. The standard InChI is InChI=1S/C14H20N2O2/c1-16(10-3-2-6-15-8-10)13-9-18-14-7-11(17)4-5-12(13)14/h4-5,7,10,13,15,17H,2-3,6,8-9H2,1H3. The van der Waals surface area contributed by atoms with Gasteiger partial charge in [0.05, 0.1) is 6.04 Å². The molecular weight excluding hydrogens is 228 g/mol. The van der Waals surface area contributed by atoms with Gasteiger partial charge in [-0.1, -0.05) is 0 Å². The van der Waals surface area contributed by atoms with Crippen LogP contribution < -0.4 is 10.1 Å². The van der Waals surface area contributed by atoms with Crippen LogP contribution in [0.4, 0.5) is 0 Å². The molecule has 4 heteroatoms. The molecule has 0 aliphatic carbocycles. The Balaban J connectivity index is 1.78. The molecule has 1 aromatic carbocycles. The highest BCUT2D eigenvalue weighted by atomic mass is 16.5. The third kappa shape index (κ3) is 2.06. The minimum Gasteiger partial charge on any atom is -0.508 e. The van der Waals surface area contributed by atoms with Crippen LogP contribution >= 0.6 is 0 Å². The number of phenols is 1. The molecule has 2 atom stereocenters. The van der Waals surface area contributed by atoms with E-state index in [0.717, 1.165) is 18.8 Å². The van der Waals surface area contributed by atoms with Gasteiger partial charge < -0.3 is 15.2 Å². The topological polar surface area (TPSA) is 44.7 Å². The fraction of sp³-hybridized carbons (Fsp3) is 0.571. The second kappa shape index (κ2) is 4.78. The van der Waals surface area contributed by atoms with Crippen LogP contribution in [0.2, 0.25) is 0 Å². The molecule has 2 unspecified atom stereocenters. The number of ether oxygens (including phenoxy) is 1. The first-order valence-electron chi connectivity index (χ1n) is 6.64. The van der Waals surface area contributed by atoms with Crippen molar-refractivity contribution >= 4 is 0 Å². The molecule has 18 heavy (non-hydrogen) atoms. The number of rotatable bonds is 2. The first kappa shape index (κ1) is 11.8.